The molecule has 2 heteroatoms. The molecule has 1 aromatic carbocycles. The fourth-order valence-electron chi connectivity index (χ4n) is 3.31. The Labute approximate surface area is 121 Å². The lowest BCUT2D eigenvalue weighted by Crippen LogP contribution is -2.19. The van der Waals surface area contributed by atoms with Crippen LogP contribution in [0.15, 0.2) is 28.7 Å². The van der Waals surface area contributed by atoms with Gasteiger partial charge >= 0.3 is 0 Å². The molecule has 1 saturated carbocycles. The van der Waals surface area contributed by atoms with Gasteiger partial charge in [0.2, 0.25) is 0 Å². The second kappa shape index (κ2) is 5.10. The monoisotopic (exact) mass is 269 g/mol. The molecule has 0 bridgehead atoms. The highest BCUT2D eigenvalue weighted by Crippen LogP contribution is 2.41. The standard InChI is InChI=1S/C18H23NO/c1-11-12(2)20-13(3)17(11)18(19)16-10-5-4-9-15(16)14-7-6-8-14/h4-5,9-10,14,18H,6-8,19H2,1-3H3. The molecule has 0 amide bonds. The average molecular weight is 269 g/mol. The summed E-state index contributed by atoms with van der Waals surface area (Å²) in [5, 5.41) is 0. The van der Waals surface area contributed by atoms with Crippen molar-refractivity contribution in [3.63, 3.8) is 0 Å². The Morgan fingerprint density at radius 3 is 2.35 bits per heavy atom. The summed E-state index contributed by atoms with van der Waals surface area (Å²) in [5.41, 5.74) is 11.6. The van der Waals surface area contributed by atoms with Gasteiger partial charge in [-0.15, -0.1) is 0 Å². The lowest BCUT2D eigenvalue weighted by molar-refractivity contribution is 0.416. The number of rotatable bonds is 3. The maximum atomic E-state index is 6.59. The van der Waals surface area contributed by atoms with E-state index in [0.29, 0.717) is 5.92 Å². The quantitative estimate of drug-likeness (QED) is 0.889. The van der Waals surface area contributed by atoms with Crippen LogP contribution in [0.25, 0.3) is 0 Å². The Kier molecular flexibility index (Phi) is 3.43. The summed E-state index contributed by atoms with van der Waals surface area (Å²) >= 11 is 0. The van der Waals surface area contributed by atoms with Crippen LogP contribution in [-0.2, 0) is 0 Å². The van der Waals surface area contributed by atoms with Gasteiger partial charge in [-0.25, -0.2) is 0 Å². The molecule has 1 aromatic heterocycles. The van der Waals surface area contributed by atoms with Crippen molar-refractivity contribution in [1.29, 1.82) is 0 Å². The second-order valence-corrected chi connectivity index (χ2v) is 5.99. The number of nitrogens with two attached hydrogens (primary N) is 1. The van der Waals surface area contributed by atoms with Crippen molar-refractivity contribution < 1.29 is 4.42 Å². The molecule has 20 heavy (non-hydrogen) atoms. The van der Waals surface area contributed by atoms with E-state index in [2.05, 4.69) is 31.2 Å². The number of benzene rings is 1. The summed E-state index contributed by atoms with van der Waals surface area (Å²) in [5.74, 6) is 2.64. The van der Waals surface area contributed by atoms with E-state index in [1.165, 1.54) is 36.0 Å². The minimum atomic E-state index is -0.0794. The van der Waals surface area contributed by atoms with E-state index < -0.39 is 0 Å². The van der Waals surface area contributed by atoms with Crippen molar-refractivity contribution in [2.45, 2.75) is 52.0 Å². The molecule has 1 fully saturated rings. The highest BCUT2D eigenvalue weighted by atomic mass is 16.3. The van der Waals surface area contributed by atoms with Crippen molar-refractivity contribution in [3.05, 3.63) is 58.0 Å². The van der Waals surface area contributed by atoms with Crippen LogP contribution < -0.4 is 5.73 Å². The minimum Gasteiger partial charge on any atom is -0.466 e. The van der Waals surface area contributed by atoms with Gasteiger partial charge in [-0.1, -0.05) is 30.7 Å². The van der Waals surface area contributed by atoms with Crippen molar-refractivity contribution in [3.8, 4) is 0 Å². The third kappa shape index (κ3) is 2.08. The van der Waals surface area contributed by atoms with Crippen molar-refractivity contribution in [2.75, 3.05) is 0 Å². The van der Waals surface area contributed by atoms with E-state index >= 15 is 0 Å². The van der Waals surface area contributed by atoms with Crippen LogP contribution in [0, 0.1) is 20.8 Å². The number of furan rings is 1. The molecule has 1 aliphatic rings. The Balaban J connectivity index is 2.04. The fraction of sp³-hybridized carbons (Fsp3) is 0.444. The molecule has 0 spiro atoms. The molecule has 2 nitrogen and oxygen atoms in total. The summed E-state index contributed by atoms with van der Waals surface area (Å²) in [7, 11) is 0. The van der Waals surface area contributed by atoms with E-state index in [1.54, 1.807) is 0 Å². The van der Waals surface area contributed by atoms with E-state index in [9.17, 15) is 0 Å². The summed E-state index contributed by atoms with van der Waals surface area (Å²) in [6.07, 6.45) is 3.94. The topological polar surface area (TPSA) is 39.2 Å². The van der Waals surface area contributed by atoms with E-state index in [1.807, 2.05) is 13.8 Å². The summed E-state index contributed by atoms with van der Waals surface area (Å²) in [6.45, 7) is 6.13. The smallest absolute Gasteiger partial charge is 0.106 e. The molecule has 0 radical (unpaired) electrons. The largest absolute Gasteiger partial charge is 0.466 e. The second-order valence-electron chi connectivity index (χ2n) is 5.99. The van der Waals surface area contributed by atoms with Crippen molar-refractivity contribution in [1.82, 2.24) is 0 Å². The van der Waals surface area contributed by atoms with E-state index in [-0.39, 0.29) is 6.04 Å². The number of aryl methyl sites for hydroxylation is 2. The zero-order chi connectivity index (χ0) is 14.3. The van der Waals surface area contributed by atoms with Crippen LogP contribution >= 0.6 is 0 Å². The van der Waals surface area contributed by atoms with Gasteiger partial charge < -0.3 is 10.2 Å². The molecular weight excluding hydrogens is 246 g/mol. The average Bonchev–Trinajstić information content (AvgIpc) is 2.61. The Bertz CT molecular complexity index is 622. The lowest BCUT2D eigenvalue weighted by atomic mass is 9.76. The Morgan fingerprint density at radius 1 is 1.10 bits per heavy atom. The van der Waals surface area contributed by atoms with Crippen LogP contribution in [0.2, 0.25) is 0 Å². The lowest BCUT2D eigenvalue weighted by Gasteiger charge is -2.29. The maximum Gasteiger partial charge on any atom is 0.106 e. The zero-order valence-corrected chi connectivity index (χ0v) is 12.6. The number of hydrogen-bond acceptors (Lipinski definition) is 2. The SMILES string of the molecule is Cc1oc(C)c(C(N)c2ccccc2C2CCC2)c1C. The first kappa shape index (κ1) is 13.4. The molecule has 2 aromatic rings. The van der Waals surface area contributed by atoms with Gasteiger partial charge in [-0.2, -0.15) is 0 Å². The van der Waals surface area contributed by atoms with Crippen LogP contribution in [0.5, 0.6) is 0 Å². The first-order chi connectivity index (χ1) is 9.59. The Hall–Kier alpha value is -1.54. The molecule has 2 N–H and O–H groups in total. The predicted octanol–water partition coefficient (Wildman–Crippen LogP) is 4.52. The predicted molar refractivity (Wildman–Crippen MR) is 82.0 cm³/mol. The maximum absolute atomic E-state index is 6.59. The molecule has 3 rings (SSSR count). The highest BCUT2D eigenvalue weighted by molar-refractivity contribution is 5.44. The van der Waals surface area contributed by atoms with E-state index in [0.717, 1.165) is 17.1 Å². The minimum absolute atomic E-state index is 0.0794. The Morgan fingerprint density at radius 2 is 1.80 bits per heavy atom. The molecular formula is C18H23NO. The normalized spacial score (nSPS) is 17.0. The van der Waals surface area contributed by atoms with Crippen LogP contribution in [-0.4, -0.2) is 0 Å². The summed E-state index contributed by atoms with van der Waals surface area (Å²) < 4.78 is 5.75. The zero-order valence-electron chi connectivity index (χ0n) is 12.6. The molecule has 1 heterocycles. The van der Waals surface area contributed by atoms with E-state index in [4.69, 9.17) is 10.2 Å². The summed E-state index contributed by atoms with van der Waals surface area (Å²) in [6, 6.07) is 8.57. The molecule has 106 valence electrons. The third-order valence-corrected chi connectivity index (χ3v) is 4.80. The third-order valence-electron chi connectivity index (χ3n) is 4.80. The number of hydrogen-bond donors (Lipinski definition) is 1. The fourth-order valence-corrected chi connectivity index (χ4v) is 3.31. The van der Waals surface area contributed by atoms with Gasteiger partial charge in [-0.05, 0) is 56.2 Å². The summed E-state index contributed by atoms with van der Waals surface area (Å²) in [4.78, 5) is 0. The molecule has 1 aliphatic carbocycles. The van der Waals surface area contributed by atoms with Crippen molar-refractivity contribution in [2.24, 2.45) is 5.73 Å². The first-order valence-electron chi connectivity index (χ1n) is 7.50. The van der Waals surface area contributed by atoms with Gasteiger partial charge in [0.1, 0.15) is 11.5 Å². The van der Waals surface area contributed by atoms with Crippen LogP contribution in [0.1, 0.15) is 65.0 Å². The van der Waals surface area contributed by atoms with Gasteiger partial charge in [0.15, 0.2) is 0 Å². The molecule has 1 atom stereocenters. The van der Waals surface area contributed by atoms with Crippen LogP contribution in [0.4, 0.5) is 0 Å². The molecule has 1 unspecified atom stereocenters. The van der Waals surface area contributed by atoms with Gasteiger partial charge in [0.05, 0.1) is 6.04 Å². The van der Waals surface area contributed by atoms with Crippen LogP contribution in [0.3, 0.4) is 0 Å². The molecule has 0 aliphatic heterocycles. The van der Waals surface area contributed by atoms with Gasteiger partial charge in [0.25, 0.3) is 0 Å². The molecule has 0 saturated heterocycles. The van der Waals surface area contributed by atoms with Gasteiger partial charge in [0, 0.05) is 5.56 Å². The van der Waals surface area contributed by atoms with Crippen molar-refractivity contribution >= 4 is 0 Å². The van der Waals surface area contributed by atoms with Gasteiger partial charge in [-0.3, -0.25) is 0 Å². The highest BCUT2D eigenvalue weighted by Gasteiger charge is 2.26. The first-order valence-corrected chi connectivity index (χ1v) is 7.50.